The van der Waals surface area contributed by atoms with Crippen LogP contribution in [0.1, 0.15) is 29.4 Å². The monoisotopic (exact) mass is 646 g/mol. The Morgan fingerprint density at radius 1 is 1.02 bits per heavy atom. The SMILES string of the molecule is COc1cc2c(cc1-c1c(C)noc1C)[nH]c1nc(C)nc(C3=C4OCCOC4=C(C(=O)N4CCN(S(C)(=O)=O)CC4)C=CC3)c12. The van der Waals surface area contributed by atoms with E-state index in [2.05, 4.69) is 10.1 Å². The van der Waals surface area contributed by atoms with Crippen molar-refractivity contribution < 1.29 is 31.9 Å². The molecular weight excluding hydrogens is 612 g/mol. The number of carbonyl (C=O) groups excluding carboxylic acids is 1. The van der Waals surface area contributed by atoms with Gasteiger partial charge < -0.3 is 28.6 Å². The van der Waals surface area contributed by atoms with E-state index in [0.29, 0.717) is 58.8 Å². The van der Waals surface area contributed by atoms with Gasteiger partial charge >= 0.3 is 0 Å². The number of ether oxygens (including phenoxy) is 3. The highest BCUT2D eigenvalue weighted by Gasteiger charge is 2.34. The van der Waals surface area contributed by atoms with Gasteiger partial charge in [-0.3, -0.25) is 4.79 Å². The molecule has 14 heteroatoms. The number of H-pyrrole nitrogens is 1. The van der Waals surface area contributed by atoms with Crippen LogP contribution in [0.5, 0.6) is 5.75 Å². The number of fused-ring (bicyclic) bond motifs is 4. The van der Waals surface area contributed by atoms with Crippen LogP contribution in [-0.2, 0) is 24.3 Å². The van der Waals surface area contributed by atoms with Crippen molar-refractivity contribution in [3.8, 4) is 16.9 Å². The number of hydrogen-bond donors (Lipinski definition) is 1. The fourth-order valence-electron chi connectivity index (χ4n) is 6.46. The lowest BCUT2D eigenvalue weighted by Gasteiger charge is -2.34. The van der Waals surface area contributed by atoms with E-state index < -0.39 is 10.0 Å². The van der Waals surface area contributed by atoms with Crippen LogP contribution in [0.2, 0.25) is 0 Å². The smallest absolute Gasteiger partial charge is 0.257 e. The zero-order valence-electron chi connectivity index (χ0n) is 26.3. The van der Waals surface area contributed by atoms with Gasteiger partial charge in [0, 0.05) is 48.2 Å². The maximum atomic E-state index is 13.8. The number of allylic oxidation sites excluding steroid dienone is 2. The molecule has 1 amide bonds. The molecule has 7 rings (SSSR count). The summed E-state index contributed by atoms with van der Waals surface area (Å²) in [4.78, 5) is 28.6. The summed E-state index contributed by atoms with van der Waals surface area (Å²) in [5.74, 6) is 2.48. The van der Waals surface area contributed by atoms with Crippen molar-refractivity contribution in [2.24, 2.45) is 0 Å². The predicted molar refractivity (Wildman–Crippen MR) is 170 cm³/mol. The van der Waals surface area contributed by atoms with Crippen molar-refractivity contribution in [2.45, 2.75) is 27.2 Å². The third-order valence-electron chi connectivity index (χ3n) is 8.60. The predicted octanol–water partition coefficient (Wildman–Crippen LogP) is 3.78. The minimum absolute atomic E-state index is 0.238. The standard InChI is InChI=1S/C32H34N6O7S/c1-17-26(18(2)45-36-17)23-15-24-22(16-25(23)42-4)27-28(33-19(3)34-31(27)35-24)20-7-6-8-21(30-29(20)43-13-14-44-30)32(39)37-9-11-38(12-10-37)46(5,40)41/h6,8,15-16H,7,9-14H2,1-5H3,(H,33,34,35). The fourth-order valence-corrected chi connectivity index (χ4v) is 7.28. The number of sulfonamides is 1. The number of methoxy groups -OCH3 is 1. The molecule has 0 atom stereocenters. The van der Waals surface area contributed by atoms with Gasteiger partial charge in [-0.1, -0.05) is 11.2 Å². The van der Waals surface area contributed by atoms with E-state index in [9.17, 15) is 13.2 Å². The summed E-state index contributed by atoms with van der Waals surface area (Å²) in [7, 11) is -1.70. The topological polar surface area (TPSA) is 153 Å². The Kier molecular flexibility index (Phi) is 7.35. The molecule has 3 aromatic heterocycles. The second-order valence-corrected chi connectivity index (χ2v) is 13.6. The number of aryl methyl sites for hydroxylation is 3. The van der Waals surface area contributed by atoms with Crippen LogP contribution < -0.4 is 4.74 Å². The highest BCUT2D eigenvalue weighted by atomic mass is 32.2. The first kappa shape index (κ1) is 30.0. The molecule has 2 fully saturated rings. The van der Waals surface area contributed by atoms with Gasteiger partial charge in [0.15, 0.2) is 11.5 Å². The molecule has 2 aliphatic heterocycles. The number of nitrogens with one attached hydrogen (secondary N) is 1. The minimum atomic E-state index is -3.33. The molecule has 1 N–H and O–H groups in total. The van der Waals surface area contributed by atoms with Crippen LogP contribution in [0.25, 0.3) is 38.6 Å². The average Bonchev–Trinajstić information content (AvgIpc) is 3.49. The molecule has 2 saturated heterocycles. The molecule has 0 bridgehead atoms. The molecule has 0 spiro atoms. The molecule has 1 aliphatic carbocycles. The van der Waals surface area contributed by atoms with Crippen molar-refractivity contribution in [3.05, 3.63) is 64.3 Å². The Balaban J connectivity index is 1.37. The van der Waals surface area contributed by atoms with Crippen molar-refractivity contribution >= 4 is 43.4 Å². The van der Waals surface area contributed by atoms with Gasteiger partial charge in [-0.15, -0.1) is 0 Å². The molecule has 1 aromatic carbocycles. The highest BCUT2D eigenvalue weighted by molar-refractivity contribution is 7.88. The van der Waals surface area contributed by atoms with Gasteiger partial charge in [0.1, 0.15) is 36.2 Å². The van der Waals surface area contributed by atoms with E-state index in [4.69, 9.17) is 28.7 Å². The Labute approximate surface area is 265 Å². The molecule has 5 heterocycles. The summed E-state index contributed by atoms with van der Waals surface area (Å²) in [6.07, 6.45) is 5.28. The van der Waals surface area contributed by atoms with Crippen LogP contribution >= 0.6 is 0 Å². The third-order valence-corrected chi connectivity index (χ3v) is 9.91. The summed E-state index contributed by atoms with van der Waals surface area (Å²) < 4.78 is 49.1. The van der Waals surface area contributed by atoms with Crippen LogP contribution in [0.15, 0.2) is 45.9 Å². The number of nitrogens with zero attached hydrogens (tertiary/aromatic N) is 5. The van der Waals surface area contributed by atoms with Gasteiger partial charge in [0.25, 0.3) is 5.91 Å². The molecule has 3 aliphatic rings. The van der Waals surface area contributed by atoms with Gasteiger partial charge in [0.2, 0.25) is 10.0 Å². The van der Waals surface area contributed by atoms with E-state index in [1.165, 1.54) is 10.6 Å². The second-order valence-electron chi connectivity index (χ2n) is 11.6. The Morgan fingerprint density at radius 2 is 1.76 bits per heavy atom. The largest absolute Gasteiger partial charge is 0.496 e. The first-order valence-corrected chi connectivity index (χ1v) is 16.9. The first-order valence-electron chi connectivity index (χ1n) is 15.0. The maximum absolute atomic E-state index is 13.8. The zero-order chi connectivity index (χ0) is 32.3. The molecule has 240 valence electrons. The summed E-state index contributed by atoms with van der Waals surface area (Å²) in [5.41, 5.74) is 5.76. The van der Waals surface area contributed by atoms with E-state index >= 15 is 0 Å². The van der Waals surface area contributed by atoms with E-state index in [1.807, 2.05) is 39.0 Å². The van der Waals surface area contributed by atoms with Crippen LogP contribution in [0.4, 0.5) is 0 Å². The third kappa shape index (κ3) is 5.01. The molecular formula is C32H34N6O7S. The van der Waals surface area contributed by atoms with Crippen LogP contribution in [-0.4, -0.2) is 96.4 Å². The van der Waals surface area contributed by atoms with E-state index in [-0.39, 0.29) is 38.7 Å². The van der Waals surface area contributed by atoms with E-state index in [1.54, 1.807) is 18.1 Å². The van der Waals surface area contributed by atoms with Crippen LogP contribution in [0.3, 0.4) is 0 Å². The molecule has 0 radical (unpaired) electrons. The number of aromatic nitrogens is 4. The number of amides is 1. The highest BCUT2D eigenvalue weighted by Crippen LogP contribution is 2.43. The minimum Gasteiger partial charge on any atom is -0.496 e. The Bertz CT molecular complexity index is 2100. The Hall–Kier alpha value is -4.69. The summed E-state index contributed by atoms with van der Waals surface area (Å²) in [6.45, 7) is 7.23. The van der Waals surface area contributed by atoms with Crippen molar-refractivity contribution in [3.63, 3.8) is 0 Å². The lowest BCUT2D eigenvalue weighted by Crippen LogP contribution is -2.50. The maximum Gasteiger partial charge on any atom is 0.257 e. The second kappa shape index (κ2) is 11.3. The lowest BCUT2D eigenvalue weighted by molar-refractivity contribution is -0.128. The summed E-state index contributed by atoms with van der Waals surface area (Å²) in [5, 5.41) is 5.78. The molecule has 13 nitrogen and oxygen atoms in total. The van der Waals surface area contributed by atoms with E-state index in [0.717, 1.165) is 38.7 Å². The fraction of sp³-hybridized carbons (Fsp3) is 0.375. The normalized spacial score (nSPS) is 17.7. The molecule has 0 saturated carbocycles. The van der Waals surface area contributed by atoms with Crippen molar-refractivity contribution in [1.29, 1.82) is 0 Å². The lowest BCUT2D eigenvalue weighted by atomic mass is 9.98. The van der Waals surface area contributed by atoms with Gasteiger partial charge in [-0.25, -0.2) is 18.4 Å². The van der Waals surface area contributed by atoms with Crippen LogP contribution in [0, 0.1) is 20.8 Å². The number of aromatic amines is 1. The number of rotatable bonds is 5. The van der Waals surface area contributed by atoms with Gasteiger partial charge in [0.05, 0.1) is 41.3 Å². The molecule has 46 heavy (non-hydrogen) atoms. The van der Waals surface area contributed by atoms with Gasteiger partial charge in [-0.05, 0) is 45.4 Å². The Morgan fingerprint density at radius 3 is 2.43 bits per heavy atom. The van der Waals surface area contributed by atoms with Crippen molar-refractivity contribution in [2.75, 3.05) is 52.8 Å². The average molecular weight is 647 g/mol. The quantitative estimate of drug-likeness (QED) is 0.339. The molecule has 4 aromatic rings. The number of piperazine rings is 1. The summed E-state index contributed by atoms with van der Waals surface area (Å²) >= 11 is 0. The number of hydrogen-bond acceptors (Lipinski definition) is 10. The van der Waals surface area contributed by atoms with Crippen molar-refractivity contribution in [1.82, 2.24) is 29.3 Å². The first-order chi connectivity index (χ1) is 22.0. The van der Waals surface area contributed by atoms with Gasteiger partial charge in [-0.2, -0.15) is 4.31 Å². The summed E-state index contributed by atoms with van der Waals surface area (Å²) in [6, 6.07) is 3.98. The number of carbonyl (C=O) groups is 1. The zero-order valence-corrected chi connectivity index (χ0v) is 27.1. The molecule has 0 unspecified atom stereocenters. The number of benzene rings is 1.